The summed E-state index contributed by atoms with van der Waals surface area (Å²) in [5.41, 5.74) is 1.39. The Labute approximate surface area is 156 Å². The van der Waals surface area contributed by atoms with Crippen LogP contribution in [-0.2, 0) is 4.74 Å². The highest BCUT2D eigenvalue weighted by Crippen LogP contribution is 2.32. The van der Waals surface area contributed by atoms with Gasteiger partial charge in [0.25, 0.3) is 11.6 Å². The monoisotopic (exact) mass is 366 g/mol. The molecule has 0 radical (unpaired) electrons. The number of nitro groups is 1. The van der Waals surface area contributed by atoms with E-state index in [0.717, 1.165) is 0 Å². The fourth-order valence-corrected chi connectivity index (χ4v) is 3.01. The normalized spacial score (nSPS) is 16.4. The summed E-state index contributed by atoms with van der Waals surface area (Å²) in [6.07, 6.45) is 0. The van der Waals surface area contributed by atoms with Gasteiger partial charge in [0.2, 0.25) is 0 Å². The second-order valence-corrected chi connectivity index (χ2v) is 6.22. The first-order valence-corrected chi connectivity index (χ1v) is 8.44. The van der Waals surface area contributed by atoms with Crippen molar-refractivity contribution in [2.75, 3.05) is 30.0 Å². The molecule has 1 heterocycles. The molecule has 0 spiro atoms. The Morgan fingerprint density at radius 1 is 1.37 bits per heavy atom. The number of benzene rings is 2. The Balaban J connectivity index is 1.88. The van der Waals surface area contributed by atoms with Crippen LogP contribution in [0.1, 0.15) is 22.8 Å². The van der Waals surface area contributed by atoms with E-state index < -0.39 is 10.8 Å². The molecular weight excluding hydrogens is 348 g/mol. The van der Waals surface area contributed by atoms with Crippen molar-refractivity contribution in [2.45, 2.75) is 13.0 Å². The van der Waals surface area contributed by atoms with Crippen molar-refractivity contribution in [3.05, 3.63) is 63.7 Å². The van der Waals surface area contributed by atoms with Gasteiger partial charge >= 0.3 is 0 Å². The first-order chi connectivity index (χ1) is 13.0. The van der Waals surface area contributed by atoms with E-state index in [-0.39, 0.29) is 17.3 Å². The van der Waals surface area contributed by atoms with Crippen LogP contribution in [0.4, 0.5) is 17.1 Å². The standard InChI is InChI=1S/C19H18N4O4/c1-13-12-27-8-7-22(13)17-6-5-15(10-18(17)23(25)26)19(24)21-16-4-2-3-14(9-16)11-20/h2-6,9-10,13H,7-8,12H2,1H3,(H,21,24). The van der Waals surface area contributed by atoms with Gasteiger partial charge in [0.15, 0.2) is 0 Å². The van der Waals surface area contributed by atoms with Crippen molar-refractivity contribution in [1.29, 1.82) is 5.26 Å². The Morgan fingerprint density at radius 2 is 2.19 bits per heavy atom. The second-order valence-electron chi connectivity index (χ2n) is 6.22. The minimum atomic E-state index is -0.482. The van der Waals surface area contributed by atoms with Crippen molar-refractivity contribution >= 4 is 23.0 Å². The predicted molar refractivity (Wildman–Crippen MR) is 99.8 cm³/mol. The number of anilines is 2. The number of carbonyl (C=O) groups excluding carboxylic acids is 1. The fraction of sp³-hybridized carbons (Fsp3) is 0.263. The SMILES string of the molecule is CC1COCCN1c1ccc(C(=O)Nc2cccc(C#N)c2)cc1[N+](=O)[O-]. The predicted octanol–water partition coefficient (Wildman–Crippen LogP) is 2.94. The Bertz CT molecular complexity index is 922. The van der Waals surface area contributed by atoms with Gasteiger partial charge in [-0.3, -0.25) is 14.9 Å². The molecule has 0 saturated carbocycles. The number of ether oxygens (including phenoxy) is 1. The highest BCUT2D eigenvalue weighted by atomic mass is 16.6. The molecule has 8 nitrogen and oxygen atoms in total. The molecule has 0 aromatic heterocycles. The Kier molecular flexibility index (Phi) is 5.33. The van der Waals surface area contributed by atoms with E-state index in [2.05, 4.69) is 5.32 Å². The van der Waals surface area contributed by atoms with Crippen LogP contribution < -0.4 is 10.2 Å². The average molecular weight is 366 g/mol. The third-order valence-electron chi connectivity index (χ3n) is 4.36. The number of nitrogens with zero attached hydrogens (tertiary/aromatic N) is 3. The van der Waals surface area contributed by atoms with Gasteiger partial charge in [-0.25, -0.2) is 0 Å². The number of nitriles is 1. The van der Waals surface area contributed by atoms with Crippen molar-refractivity contribution in [2.24, 2.45) is 0 Å². The summed E-state index contributed by atoms with van der Waals surface area (Å²) in [6, 6.07) is 12.9. The first kappa shape index (κ1) is 18.4. The van der Waals surface area contributed by atoms with Gasteiger partial charge in [0.05, 0.1) is 29.8 Å². The maximum Gasteiger partial charge on any atom is 0.293 e. The van der Waals surface area contributed by atoms with Crippen LogP contribution in [0.25, 0.3) is 0 Å². The van der Waals surface area contributed by atoms with Crippen LogP contribution in [0.15, 0.2) is 42.5 Å². The summed E-state index contributed by atoms with van der Waals surface area (Å²) in [6.45, 7) is 3.48. The number of carbonyl (C=O) groups is 1. The zero-order valence-corrected chi connectivity index (χ0v) is 14.7. The molecule has 0 aliphatic carbocycles. The third kappa shape index (κ3) is 4.04. The Hall–Kier alpha value is -3.44. The van der Waals surface area contributed by atoms with Gasteiger partial charge in [-0.15, -0.1) is 0 Å². The molecule has 0 bridgehead atoms. The topological polar surface area (TPSA) is 108 Å². The Morgan fingerprint density at radius 3 is 2.89 bits per heavy atom. The molecule has 3 rings (SSSR count). The van der Waals surface area contributed by atoms with Crippen LogP contribution in [0.3, 0.4) is 0 Å². The van der Waals surface area contributed by atoms with E-state index in [1.807, 2.05) is 17.9 Å². The van der Waals surface area contributed by atoms with Crippen molar-refractivity contribution < 1.29 is 14.5 Å². The average Bonchev–Trinajstić information content (AvgIpc) is 2.68. The number of nitro benzene ring substituents is 1. The number of morpholine rings is 1. The van der Waals surface area contributed by atoms with Gasteiger partial charge in [-0.2, -0.15) is 5.26 Å². The lowest BCUT2D eigenvalue weighted by molar-refractivity contribution is -0.384. The van der Waals surface area contributed by atoms with E-state index in [0.29, 0.717) is 36.7 Å². The number of hydrogen-bond acceptors (Lipinski definition) is 6. The molecule has 1 fully saturated rings. The van der Waals surface area contributed by atoms with E-state index in [1.165, 1.54) is 12.1 Å². The van der Waals surface area contributed by atoms with Crippen LogP contribution in [0.5, 0.6) is 0 Å². The molecule has 1 amide bonds. The van der Waals surface area contributed by atoms with Gasteiger partial charge in [0.1, 0.15) is 5.69 Å². The molecule has 8 heteroatoms. The van der Waals surface area contributed by atoms with E-state index in [1.54, 1.807) is 30.3 Å². The fourth-order valence-electron chi connectivity index (χ4n) is 3.01. The highest BCUT2D eigenvalue weighted by molar-refractivity contribution is 6.05. The molecule has 1 atom stereocenters. The van der Waals surface area contributed by atoms with Crippen LogP contribution in [0.2, 0.25) is 0 Å². The minimum absolute atomic E-state index is 0.00541. The number of amides is 1. The molecule has 27 heavy (non-hydrogen) atoms. The first-order valence-electron chi connectivity index (χ1n) is 8.44. The molecule has 2 aromatic rings. The zero-order chi connectivity index (χ0) is 19.4. The van der Waals surface area contributed by atoms with Crippen LogP contribution >= 0.6 is 0 Å². The van der Waals surface area contributed by atoms with E-state index >= 15 is 0 Å². The maximum absolute atomic E-state index is 12.5. The molecular formula is C19H18N4O4. The smallest absolute Gasteiger partial charge is 0.293 e. The van der Waals surface area contributed by atoms with Crippen molar-refractivity contribution in [3.63, 3.8) is 0 Å². The van der Waals surface area contributed by atoms with Crippen molar-refractivity contribution in [1.82, 2.24) is 0 Å². The summed E-state index contributed by atoms with van der Waals surface area (Å²) >= 11 is 0. The highest BCUT2D eigenvalue weighted by Gasteiger charge is 2.27. The molecule has 1 aliphatic rings. The van der Waals surface area contributed by atoms with Crippen LogP contribution in [0, 0.1) is 21.4 Å². The van der Waals surface area contributed by atoms with Gasteiger partial charge in [-0.05, 0) is 37.3 Å². The number of hydrogen-bond donors (Lipinski definition) is 1. The number of nitrogens with one attached hydrogen (secondary N) is 1. The molecule has 1 N–H and O–H groups in total. The summed E-state index contributed by atoms with van der Waals surface area (Å²) in [5, 5.41) is 23.2. The van der Waals surface area contributed by atoms with Gasteiger partial charge < -0.3 is 15.0 Å². The molecule has 138 valence electrons. The summed E-state index contributed by atoms with van der Waals surface area (Å²) in [5.74, 6) is -0.477. The summed E-state index contributed by atoms with van der Waals surface area (Å²) in [4.78, 5) is 25.5. The maximum atomic E-state index is 12.5. The van der Waals surface area contributed by atoms with Gasteiger partial charge in [0, 0.05) is 29.9 Å². The van der Waals surface area contributed by atoms with Crippen molar-refractivity contribution in [3.8, 4) is 6.07 Å². The number of rotatable bonds is 4. The van der Waals surface area contributed by atoms with Crippen LogP contribution in [-0.4, -0.2) is 36.6 Å². The lowest BCUT2D eigenvalue weighted by atomic mass is 10.1. The summed E-state index contributed by atoms with van der Waals surface area (Å²) in [7, 11) is 0. The zero-order valence-electron chi connectivity index (χ0n) is 14.7. The van der Waals surface area contributed by atoms with Gasteiger partial charge in [-0.1, -0.05) is 6.07 Å². The van der Waals surface area contributed by atoms with E-state index in [9.17, 15) is 14.9 Å². The summed E-state index contributed by atoms with van der Waals surface area (Å²) < 4.78 is 5.38. The molecule has 1 saturated heterocycles. The lowest BCUT2D eigenvalue weighted by Gasteiger charge is -2.34. The largest absolute Gasteiger partial charge is 0.377 e. The van der Waals surface area contributed by atoms with E-state index in [4.69, 9.17) is 10.00 Å². The molecule has 1 aliphatic heterocycles. The minimum Gasteiger partial charge on any atom is -0.377 e. The third-order valence-corrected chi connectivity index (χ3v) is 4.36. The molecule has 2 aromatic carbocycles. The quantitative estimate of drug-likeness (QED) is 0.658. The lowest BCUT2D eigenvalue weighted by Crippen LogP contribution is -2.44. The second kappa shape index (κ2) is 7.85. The molecule has 1 unspecified atom stereocenters.